The molecule has 0 spiro atoms. The Labute approximate surface area is 260 Å². The number of sulfonamides is 1. The summed E-state index contributed by atoms with van der Waals surface area (Å²) in [5.74, 6) is 1.45. The molecule has 0 saturated carbocycles. The minimum Gasteiger partial charge on any atom is -0.494 e. The monoisotopic (exact) mass is 669 g/mol. The van der Waals surface area contributed by atoms with Gasteiger partial charge in [-0.2, -0.15) is 4.98 Å². The Balaban J connectivity index is 1.44. The molecule has 1 aliphatic heterocycles. The summed E-state index contributed by atoms with van der Waals surface area (Å²) in [4.78, 5) is 22.6. The van der Waals surface area contributed by atoms with Crippen LogP contribution in [-0.4, -0.2) is 86.9 Å². The molecule has 14 heteroatoms. The van der Waals surface area contributed by atoms with Crippen molar-refractivity contribution in [1.29, 1.82) is 0 Å². The maximum Gasteiger partial charge on any atom is 0.232 e. The maximum atomic E-state index is 12.5. The average Bonchev–Trinajstić information content (AvgIpc) is 2.98. The van der Waals surface area contributed by atoms with Gasteiger partial charge in [0.15, 0.2) is 0 Å². The number of rotatable bonds is 9. The lowest BCUT2D eigenvalue weighted by atomic mass is 10.0. The van der Waals surface area contributed by atoms with Crippen molar-refractivity contribution < 1.29 is 13.2 Å². The number of ether oxygens (including phenoxy) is 1. The van der Waals surface area contributed by atoms with Crippen LogP contribution < -0.4 is 24.6 Å². The van der Waals surface area contributed by atoms with E-state index in [1.165, 1.54) is 17.5 Å². The van der Waals surface area contributed by atoms with Gasteiger partial charge in [0.05, 0.1) is 34.7 Å². The predicted molar refractivity (Wildman–Crippen MR) is 176 cm³/mol. The molecule has 2 N–H and O–H groups in total. The van der Waals surface area contributed by atoms with Crippen LogP contribution in [0.25, 0.3) is 11.0 Å². The molecule has 0 aliphatic carbocycles. The molecule has 5 rings (SSSR count). The van der Waals surface area contributed by atoms with E-state index < -0.39 is 10.0 Å². The van der Waals surface area contributed by atoms with Crippen LogP contribution in [0.15, 0.2) is 47.3 Å². The smallest absolute Gasteiger partial charge is 0.232 e. The Hall–Kier alpha value is -3.75. The van der Waals surface area contributed by atoms with E-state index in [0.717, 1.165) is 49.1 Å². The van der Waals surface area contributed by atoms with Gasteiger partial charge in [0, 0.05) is 56.5 Å². The molecule has 12 nitrogen and oxygen atoms in total. The number of nitrogens with zero attached hydrogens (tertiary/aromatic N) is 7. The van der Waals surface area contributed by atoms with Crippen LogP contribution in [0, 0.1) is 6.92 Å². The number of fused-ring (bicyclic) bond motifs is 1. The predicted octanol–water partition coefficient (Wildman–Crippen LogP) is 4.91. The van der Waals surface area contributed by atoms with Gasteiger partial charge in [-0.15, -0.1) is 0 Å². The summed E-state index contributed by atoms with van der Waals surface area (Å²) in [6.07, 6.45) is 8.09. The lowest BCUT2D eigenvalue weighted by Gasteiger charge is -2.37. The first kappa shape index (κ1) is 30.7. The van der Waals surface area contributed by atoms with Crippen LogP contribution >= 0.6 is 15.9 Å². The van der Waals surface area contributed by atoms with E-state index in [2.05, 4.69) is 78.4 Å². The molecule has 4 aromatic rings. The number of hydrogen-bond acceptors (Lipinski definition) is 11. The van der Waals surface area contributed by atoms with Gasteiger partial charge < -0.3 is 25.2 Å². The number of hydrogen-bond donors (Lipinski definition) is 2. The Kier molecular flexibility index (Phi) is 8.90. The van der Waals surface area contributed by atoms with Crippen LogP contribution in [0.3, 0.4) is 0 Å². The average molecular weight is 671 g/mol. The van der Waals surface area contributed by atoms with Crippen molar-refractivity contribution in [2.75, 3.05) is 67.4 Å². The molecular formula is C29H36BrN9O3S. The zero-order valence-electron chi connectivity index (χ0n) is 25.1. The molecule has 0 bridgehead atoms. The van der Waals surface area contributed by atoms with E-state index in [4.69, 9.17) is 9.72 Å². The third-order valence-corrected chi connectivity index (χ3v) is 9.48. The van der Waals surface area contributed by atoms with Gasteiger partial charge in [0.2, 0.25) is 16.0 Å². The van der Waals surface area contributed by atoms with E-state index in [-0.39, 0.29) is 0 Å². The summed E-state index contributed by atoms with van der Waals surface area (Å²) in [6, 6.07) is 8.24. The van der Waals surface area contributed by atoms with E-state index in [9.17, 15) is 8.42 Å². The van der Waals surface area contributed by atoms with Crippen molar-refractivity contribution in [3.63, 3.8) is 0 Å². The topological polar surface area (TPSA) is 129 Å². The lowest BCUT2D eigenvalue weighted by molar-refractivity contribution is 0.249. The maximum absolute atomic E-state index is 12.5. The van der Waals surface area contributed by atoms with Crippen molar-refractivity contribution in [2.45, 2.75) is 25.8 Å². The molecule has 0 unspecified atom stereocenters. The third kappa shape index (κ3) is 6.60. The van der Waals surface area contributed by atoms with E-state index in [1.54, 1.807) is 31.6 Å². The van der Waals surface area contributed by atoms with Gasteiger partial charge in [0.1, 0.15) is 22.8 Å². The number of anilines is 6. The molecule has 2 aromatic carbocycles. The van der Waals surface area contributed by atoms with Crippen LogP contribution in [0.4, 0.5) is 34.5 Å². The molecule has 228 valence electrons. The van der Waals surface area contributed by atoms with Gasteiger partial charge in [-0.1, -0.05) is 0 Å². The standard InChI is InChI=1S/C29H36BrN9O3S/c1-18-15-23(25(42-5)16-24(18)39-13-9-19(10-14-39)37(2)3)35-29-33-17-20(30)28(36-29)34-22-8-7-21-26(32-12-11-31-21)27(22)38(4)43(6,40)41/h7-8,11-12,15-17,19H,9-10,13-14H2,1-6H3,(H2,33,34,35,36). The van der Waals surface area contributed by atoms with Crippen LogP contribution in [0.2, 0.25) is 0 Å². The minimum atomic E-state index is -3.60. The molecule has 0 radical (unpaired) electrons. The van der Waals surface area contributed by atoms with Crippen LogP contribution in [0.5, 0.6) is 5.75 Å². The number of aromatic nitrogens is 4. The summed E-state index contributed by atoms with van der Waals surface area (Å²) in [5.41, 5.74) is 4.86. The summed E-state index contributed by atoms with van der Waals surface area (Å²) < 4.78 is 32.6. The van der Waals surface area contributed by atoms with Crippen LogP contribution in [0.1, 0.15) is 18.4 Å². The Morgan fingerprint density at radius 2 is 1.74 bits per heavy atom. The fourth-order valence-corrected chi connectivity index (χ4v) is 6.08. The van der Waals surface area contributed by atoms with Crippen molar-refractivity contribution in [1.82, 2.24) is 24.8 Å². The fourth-order valence-electron chi connectivity index (χ4n) is 5.28. The molecule has 1 aliphatic rings. The summed E-state index contributed by atoms with van der Waals surface area (Å²) in [5, 5.41) is 6.56. The highest BCUT2D eigenvalue weighted by Crippen LogP contribution is 2.38. The number of piperidine rings is 1. The van der Waals surface area contributed by atoms with Crippen molar-refractivity contribution in [3.8, 4) is 5.75 Å². The van der Waals surface area contributed by atoms with Gasteiger partial charge in [-0.05, 0) is 73.6 Å². The molecular weight excluding hydrogens is 634 g/mol. The van der Waals surface area contributed by atoms with E-state index >= 15 is 0 Å². The summed E-state index contributed by atoms with van der Waals surface area (Å²) in [7, 11) is 3.81. The zero-order chi connectivity index (χ0) is 30.9. The van der Waals surface area contributed by atoms with Crippen molar-refractivity contribution >= 4 is 71.5 Å². The fraction of sp³-hybridized carbons (Fsp3) is 0.379. The largest absolute Gasteiger partial charge is 0.494 e. The van der Waals surface area contributed by atoms with Crippen LogP contribution in [-0.2, 0) is 10.0 Å². The first-order valence-electron chi connectivity index (χ1n) is 13.8. The highest BCUT2D eigenvalue weighted by atomic mass is 79.9. The van der Waals surface area contributed by atoms with E-state index in [0.29, 0.717) is 50.4 Å². The zero-order valence-corrected chi connectivity index (χ0v) is 27.5. The Morgan fingerprint density at radius 3 is 2.42 bits per heavy atom. The second kappa shape index (κ2) is 12.5. The van der Waals surface area contributed by atoms with Gasteiger partial charge in [-0.3, -0.25) is 14.3 Å². The number of aryl methyl sites for hydroxylation is 1. The molecule has 2 aromatic heterocycles. The highest BCUT2D eigenvalue weighted by molar-refractivity contribution is 9.10. The molecule has 0 amide bonds. The highest BCUT2D eigenvalue weighted by Gasteiger charge is 2.24. The second-order valence-corrected chi connectivity index (χ2v) is 13.6. The van der Waals surface area contributed by atoms with E-state index in [1.807, 2.05) is 6.07 Å². The first-order chi connectivity index (χ1) is 20.5. The quantitative estimate of drug-likeness (QED) is 0.252. The minimum absolute atomic E-state index is 0.335. The summed E-state index contributed by atoms with van der Waals surface area (Å²) in [6.45, 7) is 4.07. The Morgan fingerprint density at radius 1 is 1.02 bits per heavy atom. The van der Waals surface area contributed by atoms with Crippen molar-refractivity contribution in [2.24, 2.45) is 0 Å². The molecule has 1 saturated heterocycles. The molecule has 1 fully saturated rings. The number of halogens is 1. The Bertz CT molecular complexity index is 1750. The number of benzene rings is 2. The first-order valence-corrected chi connectivity index (χ1v) is 16.4. The third-order valence-electron chi connectivity index (χ3n) is 7.72. The molecule has 0 atom stereocenters. The SMILES string of the molecule is COc1cc(N2CCC(N(C)C)CC2)c(C)cc1Nc1ncc(Br)c(Nc2ccc3nccnc3c2N(C)S(C)(=O)=O)n1. The van der Waals surface area contributed by atoms with Gasteiger partial charge in [0.25, 0.3) is 0 Å². The number of methoxy groups -OCH3 is 1. The lowest BCUT2D eigenvalue weighted by Crippen LogP contribution is -2.42. The van der Waals surface area contributed by atoms with Gasteiger partial charge in [-0.25, -0.2) is 13.4 Å². The van der Waals surface area contributed by atoms with Crippen molar-refractivity contribution in [3.05, 3.63) is 52.9 Å². The van der Waals surface area contributed by atoms with Gasteiger partial charge >= 0.3 is 0 Å². The molecule has 43 heavy (non-hydrogen) atoms. The molecule has 3 heterocycles. The normalized spacial score (nSPS) is 14.3. The second-order valence-electron chi connectivity index (χ2n) is 10.8. The number of nitrogens with one attached hydrogen (secondary N) is 2. The summed E-state index contributed by atoms with van der Waals surface area (Å²) >= 11 is 3.52.